The largest absolute Gasteiger partial charge is 0.481 e. The third kappa shape index (κ3) is 3.48. The zero-order valence-electron chi connectivity index (χ0n) is 16.4. The van der Waals surface area contributed by atoms with Gasteiger partial charge in [0.2, 0.25) is 0 Å². The summed E-state index contributed by atoms with van der Waals surface area (Å²) in [6.07, 6.45) is 1.38. The number of hydrogen-bond acceptors (Lipinski definition) is 4. The molecule has 7 nitrogen and oxygen atoms in total. The number of imidazole rings is 1. The number of nitrogens with zero attached hydrogens (tertiary/aromatic N) is 2. The van der Waals surface area contributed by atoms with Crippen molar-refractivity contribution >= 4 is 27.9 Å². The van der Waals surface area contributed by atoms with E-state index in [4.69, 9.17) is 5.11 Å². The van der Waals surface area contributed by atoms with Gasteiger partial charge in [-0.1, -0.05) is 24.3 Å². The van der Waals surface area contributed by atoms with E-state index in [0.717, 1.165) is 47.1 Å². The average molecular weight is 402 g/mol. The van der Waals surface area contributed by atoms with E-state index in [9.17, 15) is 9.59 Å². The maximum absolute atomic E-state index is 12.6. The number of piperidine rings is 1. The van der Waals surface area contributed by atoms with Crippen LogP contribution in [0.4, 0.5) is 0 Å². The molecule has 30 heavy (non-hydrogen) atoms. The maximum Gasteiger partial charge on any atom is 0.306 e. The molecule has 1 fully saturated rings. The number of rotatable bonds is 4. The number of aliphatic carboxylic acids is 1. The van der Waals surface area contributed by atoms with Gasteiger partial charge in [0, 0.05) is 12.1 Å². The van der Waals surface area contributed by atoms with Gasteiger partial charge in [0.05, 0.1) is 22.5 Å². The summed E-state index contributed by atoms with van der Waals surface area (Å²) < 4.78 is 0. The van der Waals surface area contributed by atoms with Crippen molar-refractivity contribution in [3.63, 3.8) is 0 Å². The summed E-state index contributed by atoms with van der Waals surface area (Å²) in [5.74, 6) is -0.363. The lowest BCUT2D eigenvalue weighted by atomic mass is 9.97. The van der Waals surface area contributed by atoms with Gasteiger partial charge in [-0.3, -0.25) is 14.5 Å². The Morgan fingerprint density at radius 2 is 1.87 bits per heavy atom. The highest BCUT2D eigenvalue weighted by atomic mass is 16.4. The molecule has 2 aromatic carbocycles. The van der Waals surface area contributed by atoms with E-state index >= 15 is 0 Å². The van der Waals surface area contributed by atoms with Crippen LogP contribution in [0.5, 0.6) is 0 Å². The number of pyridine rings is 1. The Balaban J connectivity index is 1.40. The second-order valence-corrected chi connectivity index (χ2v) is 7.92. The van der Waals surface area contributed by atoms with Crippen molar-refractivity contribution in [1.29, 1.82) is 0 Å². The fourth-order valence-electron chi connectivity index (χ4n) is 4.20. The van der Waals surface area contributed by atoms with Crippen molar-refractivity contribution in [1.82, 2.24) is 19.9 Å². The van der Waals surface area contributed by atoms with Gasteiger partial charge in [-0.15, -0.1) is 0 Å². The number of aromatic amines is 2. The normalized spacial score (nSPS) is 15.7. The van der Waals surface area contributed by atoms with Crippen LogP contribution in [0.2, 0.25) is 0 Å². The monoisotopic (exact) mass is 402 g/mol. The smallest absolute Gasteiger partial charge is 0.306 e. The molecule has 3 N–H and O–H groups in total. The fourth-order valence-corrected chi connectivity index (χ4v) is 4.20. The summed E-state index contributed by atoms with van der Waals surface area (Å²) in [6, 6.07) is 15.6. The van der Waals surface area contributed by atoms with E-state index in [1.165, 1.54) is 0 Å². The maximum atomic E-state index is 12.6. The molecule has 152 valence electrons. The summed E-state index contributed by atoms with van der Waals surface area (Å²) in [5, 5.41) is 10.1. The number of likely N-dealkylation sites (tertiary alicyclic amines) is 1. The molecule has 2 aromatic heterocycles. The molecule has 0 aliphatic carbocycles. The van der Waals surface area contributed by atoms with Crippen LogP contribution in [0.15, 0.2) is 53.3 Å². The number of carboxylic acids is 1. The highest BCUT2D eigenvalue weighted by Crippen LogP contribution is 2.23. The second kappa shape index (κ2) is 7.42. The van der Waals surface area contributed by atoms with Crippen LogP contribution < -0.4 is 5.56 Å². The lowest BCUT2D eigenvalue weighted by Crippen LogP contribution is -2.35. The molecule has 5 rings (SSSR count). The first-order chi connectivity index (χ1) is 14.6. The molecule has 0 amide bonds. The van der Waals surface area contributed by atoms with Crippen molar-refractivity contribution in [3.8, 4) is 11.4 Å². The Morgan fingerprint density at radius 3 is 2.67 bits per heavy atom. The quantitative estimate of drug-likeness (QED) is 0.486. The van der Waals surface area contributed by atoms with Crippen LogP contribution in [0.1, 0.15) is 18.4 Å². The van der Waals surface area contributed by atoms with E-state index in [1.807, 2.05) is 42.5 Å². The van der Waals surface area contributed by atoms with Crippen LogP contribution in [0.3, 0.4) is 0 Å². The molecule has 0 radical (unpaired) electrons. The number of nitrogens with one attached hydrogen (secondary N) is 2. The molecule has 1 aliphatic rings. The molecule has 0 saturated carbocycles. The summed E-state index contributed by atoms with van der Waals surface area (Å²) >= 11 is 0. The first-order valence-corrected chi connectivity index (χ1v) is 10.1. The van der Waals surface area contributed by atoms with Crippen molar-refractivity contribution in [3.05, 3.63) is 64.4 Å². The first kappa shape index (κ1) is 18.6. The van der Waals surface area contributed by atoms with Gasteiger partial charge in [-0.2, -0.15) is 0 Å². The Kier molecular flexibility index (Phi) is 4.59. The zero-order chi connectivity index (χ0) is 20.7. The molecule has 1 aliphatic heterocycles. The molecule has 0 bridgehead atoms. The Bertz CT molecular complexity index is 1300. The minimum atomic E-state index is -0.691. The number of para-hydroxylation sites is 1. The van der Waals surface area contributed by atoms with Crippen molar-refractivity contribution in [2.24, 2.45) is 5.92 Å². The molecule has 3 heterocycles. The third-order valence-electron chi connectivity index (χ3n) is 5.90. The second-order valence-electron chi connectivity index (χ2n) is 7.92. The SMILES string of the molecule is O=C(O)C1CCN(Cc2ccc3[nH]c(-c4cc5ccccc5[nH]c4=O)nc3c2)CC1. The predicted octanol–water partition coefficient (Wildman–Crippen LogP) is 3.37. The van der Waals surface area contributed by atoms with Gasteiger partial charge in [0.25, 0.3) is 5.56 Å². The summed E-state index contributed by atoms with van der Waals surface area (Å²) in [5.41, 5.74) is 3.97. The molecule has 1 saturated heterocycles. The molecule has 4 aromatic rings. The van der Waals surface area contributed by atoms with Gasteiger partial charge in [-0.25, -0.2) is 4.98 Å². The highest BCUT2D eigenvalue weighted by molar-refractivity contribution is 5.85. The number of carboxylic acid groups (broad SMARTS) is 1. The molecular weight excluding hydrogens is 380 g/mol. The number of fused-ring (bicyclic) bond motifs is 2. The Hall–Kier alpha value is -3.45. The van der Waals surface area contributed by atoms with E-state index in [0.29, 0.717) is 24.2 Å². The third-order valence-corrected chi connectivity index (χ3v) is 5.90. The van der Waals surface area contributed by atoms with Crippen LogP contribution in [0, 0.1) is 5.92 Å². The van der Waals surface area contributed by atoms with E-state index in [-0.39, 0.29) is 11.5 Å². The van der Waals surface area contributed by atoms with Gasteiger partial charge in [0.1, 0.15) is 5.82 Å². The van der Waals surface area contributed by atoms with E-state index in [2.05, 4.69) is 25.9 Å². The predicted molar refractivity (Wildman–Crippen MR) is 115 cm³/mol. The fraction of sp³-hybridized carbons (Fsp3) is 0.261. The molecule has 0 spiro atoms. The van der Waals surface area contributed by atoms with Crippen molar-refractivity contribution in [2.45, 2.75) is 19.4 Å². The summed E-state index contributed by atoms with van der Waals surface area (Å²) in [7, 11) is 0. The van der Waals surface area contributed by atoms with Gasteiger partial charge in [0.15, 0.2) is 0 Å². The van der Waals surface area contributed by atoms with Crippen LogP contribution in [0.25, 0.3) is 33.3 Å². The van der Waals surface area contributed by atoms with Crippen LogP contribution in [-0.2, 0) is 11.3 Å². The van der Waals surface area contributed by atoms with Crippen LogP contribution >= 0.6 is 0 Å². The van der Waals surface area contributed by atoms with Crippen LogP contribution in [-0.4, -0.2) is 44.0 Å². The number of benzene rings is 2. The number of aromatic nitrogens is 3. The topological polar surface area (TPSA) is 102 Å². The first-order valence-electron chi connectivity index (χ1n) is 10.1. The minimum Gasteiger partial charge on any atom is -0.481 e. The van der Waals surface area contributed by atoms with E-state index < -0.39 is 5.97 Å². The van der Waals surface area contributed by atoms with Crippen molar-refractivity contribution < 1.29 is 9.90 Å². The Labute approximate surface area is 172 Å². The lowest BCUT2D eigenvalue weighted by Gasteiger charge is -2.29. The average Bonchev–Trinajstić information content (AvgIpc) is 3.16. The molecule has 0 atom stereocenters. The standard InChI is InChI=1S/C23H22N4O3/c28-22-17(12-16-3-1-2-4-18(16)26-22)21-24-19-6-5-14(11-20(19)25-21)13-27-9-7-15(8-10-27)23(29)30/h1-6,11-12,15H,7-10,13H2,(H,24,25)(H,26,28)(H,29,30). The van der Waals surface area contributed by atoms with Gasteiger partial charge >= 0.3 is 5.97 Å². The van der Waals surface area contributed by atoms with Gasteiger partial charge < -0.3 is 15.1 Å². The highest BCUT2D eigenvalue weighted by Gasteiger charge is 2.24. The number of hydrogen-bond donors (Lipinski definition) is 3. The number of carbonyl (C=O) groups is 1. The summed E-state index contributed by atoms with van der Waals surface area (Å²) in [6.45, 7) is 2.33. The number of H-pyrrole nitrogens is 2. The summed E-state index contributed by atoms with van der Waals surface area (Å²) in [4.78, 5) is 36.8. The molecular formula is C23H22N4O3. The van der Waals surface area contributed by atoms with Gasteiger partial charge in [-0.05, 0) is 61.1 Å². The molecule has 0 unspecified atom stereocenters. The minimum absolute atomic E-state index is 0.172. The molecule has 7 heteroatoms. The lowest BCUT2D eigenvalue weighted by molar-refractivity contribution is -0.143. The zero-order valence-corrected chi connectivity index (χ0v) is 16.4. The van der Waals surface area contributed by atoms with Crippen molar-refractivity contribution in [2.75, 3.05) is 13.1 Å². The Morgan fingerprint density at radius 1 is 1.07 bits per heavy atom. The van der Waals surface area contributed by atoms with E-state index in [1.54, 1.807) is 0 Å².